The Morgan fingerprint density at radius 3 is 0.975 bits per heavy atom. The summed E-state index contributed by atoms with van der Waals surface area (Å²) < 4.78 is 0. The van der Waals surface area contributed by atoms with Crippen LogP contribution in [-0.2, 0) is 110 Å². The molecule has 4 N–H and O–H groups in total. The third kappa shape index (κ3) is 27.3. The average Bonchev–Trinajstić information content (AvgIpc) is 0.718. The fraction of sp³-hybridized carbons (Fsp3) is 0.216. The molecule has 4 aliphatic rings. The number of aliphatic hydroxyl groups is 4. The molecule has 628 valence electrons. The number of carbonyl (C=O) groups is 4. The zero-order chi connectivity index (χ0) is 84.6. The van der Waals surface area contributed by atoms with E-state index in [1.54, 1.807) is 23.5 Å². The Hall–Kier alpha value is -9.50. The second-order valence-corrected chi connectivity index (χ2v) is 32.5. The summed E-state index contributed by atoms with van der Waals surface area (Å²) in [5.41, 5.74) is 25.8. The van der Waals surface area contributed by atoms with Crippen LogP contribution < -0.4 is 0 Å². The molecule has 16 rings (SSSR count). The average molecular weight is 2340 g/mol. The molecule has 18 heteroatoms. The molecule has 4 radical (unpaired) electrons. The molecule has 0 saturated heterocycles. The van der Waals surface area contributed by atoms with Crippen LogP contribution in [0.3, 0.4) is 0 Å². The summed E-state index contributed by atoms with van der Waals surface area (Å²) in [4.78, 5) is 61.6. The summed E-state index contributed by atoms with van der Waals surface area (Å²) in [6.45, 7) is 37.3. The number of hydrogen-bond acceptors (Lipinski definition) is 14. The predicted molar refractivity (Wildman–Crippen MR) is 484 cm³/mol. The van der Waals surface area contributed by atoms with Crippen LogP contribution in [0.4, 0.5) is 0 Å². The van der Waals surface area contributed by atoms with Crippen molar-refractivity contribution in [1.29, 1.82) is 0 Å². The quantitative estimate of drug-likeness (QED) is 0.0636. The maximum absolute atomic E-state index is 10.0. The van der Waals surface area contributed by atoms with Crippen LogP contribution in [0.1, 0.15) is 161 Å². The number of aliphatic hydroxyl groups excluding tert-OH is 4. The second-order valence-electron chi connectivity index (χ2n) is 30.6. The van der Waals surface area contributed by atoms with E-state index in [-0.39, 0.29) is 137 Å². The molecule has 120 heavy (non-hydrogen) atoms. The standard InChI is InChI=1S/2C22H20N.2C19H14NS.4C5H8O2.4Ir/c1-14-10-15(2)12-17(11-14)21-18-6-5-7-19-20(18)16(13-23-21)8-9-22(19,3)4;1-14-10-15(2)12-17(11-14)21-18-7-5-6-16-8-9-22(3,4)19(13-23-21)20(16)18;1-12-8-13(2)10-15(9-12)19-16-4-3-5-17-18(16)14(11-20-19)6-7-21-17;1-12-8-13(2)10-15(9-12)19-16-5-3-4-14-6-7-21-17(11-20-19)18(14)16;4*1-4(6)3-5(2)7;;;;/h2*5-11,13H,1-4H3;2*3-9,11H,1-2H3;4*3,6H,1-2H3;;;;/q4*-1;;;;;;;;. The van der Waals surface area contributed by atoms with E-state index in [0.717, 1.165) is 67.3 Å². The van der Waals surface area contributed by atoms with E-state index >= 15 is 0 Å². The van der Waals surface area contributed by atoms with Gasteiger partial charge in [-0.15, -0.1) is 140 Å². The van der Waals surface area contributed by atoms with E-state index in [1.807, 2.05) is 18.6 Å². The molecule has 0 unspecified atom stereocenters. The van der Waals surface area contributed by atoms with Gasteiger partial charge in [-0.2, -0.15) is 0 Å². The van der Waals surface area contributed by atoms with Gasteiger partial charge in [-0.1, -0.05) is 198 Å². The Morgan fingerprint density at radius 1 is 0.333 bits per heavy atom. The van der Waals surface area contributed by atoms with Crippen molar-refractivity contribution in [3.8, 4) is 45.0 Å². The number of allylic oxidation sites excluding steroid dienone is 10. The molecule has 8 aromatic carbocycles. The molecule has 0 spiro atoms. The van der Waals surface area contributed by atoms with Crippen LogP contribution in [0.2, 0.25) is 0 Å². The van der Waals surface area contributed by atoms with Crippen LogP contribution in [0.15, 0.2) is 226 Å². The van der Waals surface area contributed by atoms with Crippen molar-refractivity contribution < 1.29 is 120 Å². The van der Waals surface area contributed by atoms with Gasteiger partial charge in [-0.3, -0.25) is 19.2 Å². The van der Waals surface area contributed by atoms with Crippen molar-refractivity contribution in [1.82, 2.24) is 19.9 Å². The Bertz CT molecular complexity index is 5670. The summed E-state index contributed by atoms with van der Waals surface area (Å²) in [6, 6.07) is 57.1. The van der Waals surface area contributed by atoms with Gasteiger partial charge in [0.25, 0.3) is 0 Å². The first-order valence-corrected chi connectivity index (χ1v) is 39.9. The molecule has 0 saturated carbocycles. The van der Waals surface area contributed by atoms with Gasteiger partial charge in [-0.25, -0.2) is 0 Å². The minimum Gasteiger partial charge on any atom is -0.512 e. The monoisotopic (exact) mass is 2340 g/mol. The number of benzene rings is 8. The van der Waals surface area contributed by atoms with Crippen molar-refractivity contribution in [3.63, 3.8) is 0 Å². The van der Waals surface area contributed by atoms with E-state index in [2.05, 4.69) is 282 Å². The Kier molecular flexibility index (Phi) is 38.2. The molecular weight excluding hydrogens is 2240 g/mol. The molecule has 0 fully saturated rings. The van der Waals surface area contributed by atoms with Gasteiger partial charge in [0, 0.05) is 156 Å². The summed E-state index contributed by atoms with van der Waals surface area (Å²) in [6.07, 6.45) is 26.0. The predicted octanol–water partition coefficient (Wildman–Crippen LogP) is 26.2. The van der Waals surface area contributed by atoms with Crippen LogP contribution >= 0.6 is 23.5 Å². The number of thioether (sulfide) groups is 2. The zero-order valence-electron chi connectivity index (χ0n) is 71.1. The van der Waals surface area contributed by atoms with Crippen LogP contribution in [0.5, 0.6) is 0 Å². The largest absolute Gasteiger partial charge is 0.512 e. The molecule has 12 nitrogen and oxygen atoms in total. The Morgan fingerprint density at radius 2 is 0.617 bits per heavy atom. The van der Waals surface area contributed by atoms with Crippen LogP contribution in [0, 0.1) is 79.7 Å². The molecule has 4 aromatic heterocycles. The first-order valence-electron chi connectivity index (χ1n) is 38.1. The maximum Gasteiger partial charge on any atom is 0.155 e. The minimum atomic E-state index is -0.125. The molecular formula is C102H100Ir4N4O8S2-4. The van der Waals surface area contributed by atoms with Crippen molar-refractivity contribution >= 4 is 114 Å². The van der Waals surface area contributed by atoms with E-state index in [0.29, 0.717) is 0 Å². The molecule has 0 atom stereocenters. The summed E-state index contributed by atoms with van der Waals surface area (Å²) in [7, 11) is 0. The van der Waals surface area contributed by atoms with E-state index in [1.165, 1.54) is 188 Å². The second kappa shape index (κ2) is 45.4. The zero-order valence-corrected chi connectivity index (χ0v) is 82.4. The molecule has 2 aliphatic carbocycles. The minimum absolute atomic E-state index is 0. The van der Waals surface area contributed by atoms with Crippen LogP contribution in [-0.4, -0.2) is 63.5 Å². The molecule has 0 bridgehead atoms. The summed E-state index contributed by atoms with van der Waals surface area (Å²) >= 11 is 3.51. The Balaban J connectivity index is 0.000000255. The van der Waals surface area contributed by atoms with Gasteiger partial charge in [0.2, 0.25) is 0 Å². The third-order valence-electron chi connectivity index (χ3n) is 18.6. The number of rotatable bonds is 8. The van der Waals surface area contributed by atoms with Crippen molar-refractivity contribution in [2.24, 2.45) is 0 Å². The Labute approximate surface area is 769 Å². The van der Waals surface area contributed by atoms with Crippen molar-refractivity contribution in [2.45, 2.75) is 159 Å². The number of aryl methyl sites for hydroxylation is 8. The van der Waals surface area contributed by atoms with Gasteiger partial charge in [0.15, 0.2) is 23.1 Å². The number of ketones is 4. The smallest absolute Gasteiger partial charge is 0.155 e. The topological polar surface area (TPSA) is 201 Å². The number of aromatic nitrogens is 4. The number of carbonyl (C=O) groups excluding carboxylic acids is 4. The number of hydrogen-bond donors (Lipinski definition) is 4. The van der Waals surface area contributed by atoms with E-state index in [4.69, 9.17) is 40.4 Å². The summed E-state index contributed by atoms with van der Waals surface area (Å²) in [5.74, 6) is -0.250. The first kappa shape index (κ1) is 101. The van der Waals surface area contributed by atoms with Crippen molar-refractivity contribution in [2.75, 3.05) is 0 Å². The third-order valence-corrected chi connectivity index (χ3v) is 20.3. The first-order chi connectivity index (χ1) is 54.9. The van der Waals surface area contributed by atoms with Crippen LogP contribution in [0.25, 0.3) is 112 Å². The van der Waals surface area contributed by atoms with Gasteiger partial charge < -0.3 is 40.4 Å². The SMILES string of the molecule is CC(=O)C=C(C)O.CC(=O)C=C(C)O.CC(=O)C=C(C)O.CC(=O)C=C(C)O.Cc1[c-]c(-c2ncc3c4c(cccc24)C(C)(C)C=C3)cc(C)c1.Cc1[c-]c(-c2ncc3c4c(cccc24)C=CC3(C)C)cc(C)c1.Cc1[c-]c(-c2ncc3c4c(cccc24)C=CS3)cc(C)c1.Cc1[c-]c(-c2ncc3c4c(cccc24)SC=C3)cc(C)c1.[Ir].[Ir].[Ir].[Ir]. The van der Waals surface area contributed by atoms with Gasteiger partial charge in [0.05, 0.1) is 23.0 Å². The maximum atomic E-state index is 10.0. The fourth-order valence-electron chi connectivity index (χ4n) is 14.3. The molecule has 0 amide bonds. The molecule has 12 aromatic rings. The molecule has 6 heterocycles. The van der Waals surface area contributed by atoms with Gasteiger partial charge in [0.1, 0.15) is 0 Å². The van der Waals surface area contributed by atoms with E-state index < -0.39 is 0 Å². The van der Waals surface area contributed by atoms with Crippen molar-refractivity contribution in [3.05, 3.63) is 319 Å². The summed E-state index contributed by atoms with van der Waals surface area (Å²) in [5, 5.41) is 47.8. The normalized spacial score (nSPS) is 13.0. The van der Waals surface area contributed by atoms with Gasteiger partial charge >= 0.3 is 0 Å². The fourth-order valence-corrected chi connectivity index (χ4v) is 15.9. The number of nitrogens with zero attached hydrogens (tertiary/aromatic N) is 4. The van der Waals surface area contributed by atoms with Gasteiger partial charge in [-0.05, 0) is 178 Å². The molecule has 2 aliphatic heterocycles. The van der Waals surface area contributed by atoms with E-state index in [9.17, 15) is 19.2 Å². The number of pyridine rings is 4.